The average Bonchev–Trinajstić information content (AvgIpc) is 2.56. The number of nitrogens with two attached hydrogens (primary N) is 1. The van der Waals surface area contributed by atoms with Crippen LogP contribution in [-0.2, 0) is 9.59 Å². The summed E-state index contributed by atoms with van der Waals surface area (Å²) < 4.78 is 5.48. The number of ether oxygens (including phenoxy) is 1. The normalized spacial score (nSPS) is 16.2. The Labute approximate surface area is 153 Å². The number of nitrogens with zero attached hydrogens (tertiary/aromatic N) is 2. The summed E-state index contributed by atoms with van der Waals surface area (Å²) in [6.45, 7) is 1.33. The van der Waals surface area contributed by atoms with Gasteiger partial charge in [0.1, 0.15) is 12.4 Å². The van der Waals surface area contributed by atoms with Crippen LogP contribution >= 0.6 is 23.2 Å². The average molecular weight is 381 g/mol. The Bertz CT molecular complexity index is 859. The lowest BCUT2D eigenvalue weighted by Gasteiger charge is -2.31. The molecule has 0 aliphatic carbocycles. The van der Waals surface area contributed by atoms with Crippen LogP contribution in [0.4, 0.5) is 17.3 Å². The van der Waals surface area contributed by atoms with E-state index in [0.29, 0.717) is 21.5 Å². The number of nitrogen functional groups attached to an aromatic ring is 1. The zero-order valence-corrected chi connectivity index (χ0v) is 14.6. The van der Waals surface area contributed by atoms with Crippen LogP contribution in [-0.4, -0.2) is 29.4 Å². The summed E-state index contributed by atoms with van der Waals surface area (Å²) in [4.78, 5) is 30.1. The Hall–Kier alpha value is -2.51. The molecule has 1 aliphatic heterocycles. The molecule has 1 aromatic heterocycles. The summed E-state index contributed by atoms with van der Waals surface area (Å²) in [7, 11) is 0. The van der Waals surface area contributed by atoms with E-state index < -0.39 is 17.9 Å². The van der Waals surface area contributed by atoms with E-state index in [1.54, 1.807) is 31.2 Å². The number of amides is 2. The van der Waals surface area contributed by atoms with Gasteiger partial charge in [0.2, 0.25) is 5.91 Å². The van der Waals surface area contributed by atoms with Crippen LogP contribution in [0.3, 0.4) is 0 Å². The SMILES string of the molecule is CC1Oc2ccc(N)nc2N(CC(=O)Nc2cc(Cl)ccc2Cl)C1=O. The minimum absolute atomic E-state index is 0.204. The molecule has 1 atom stereocenters. The first-order valence-corrected chi connectivity index (χ1v) is 8.10. The Kier molecular flexibility index (Phi) is 4.69. The van der Waals surface area contributed by atoms with Gasteiger partial charge in [0.05, 0.1) is 10.7 Å². The molecule has 2 heterocycles. The summed E-state index contributed by atoms with van der Waals surface area (Å²) in [5.74, 6) is -0.0435. The van der Waals surface area contributed by atoms with E-state index >= 15 is 0 Å². The zero-order valence-electron chi connectivity index (χ0n) is 13.1. The van der Waals surface area contributed by atoms with E-state index in [9.17, 15) is 9.59 Å². The van der Waals surface area contributed by atoms with E-state index in [-0.39, 0.29) is 18.2 Å². The number of hydrogen-bond acceptors (Lipinski definition) is 5. The maximum absolute atomic E-state index is 12.4. The first kappa shape index (κ1) is 17.3. The molecule has 0 bridgehead atoms. The maximum Gasteiger partial charge on any atom is 0.269 e. The zero-order chi connectivity index (χ0) is 18.1. The van der Waals surface area contributed by atoms with E-state index in [0.717, 1.165) is 0 Å². The summed E-state index contributed by atoms with van der Waals surface area (Å²) in [5, 5.41) is 3.39. The van der Waals surface area contributed by atoms with Crippen molar-refractivity contribution in [2.75, 3.05) is 22.5 Å². The number of hydrogen-bond donors (Lipinski definition) is 2. The molecular formula is C16H14Cl2N4O3. The predicted octanol–water partition coefficient (Wildman–Crippen LogP) is 2.72. The number of anilines is 3. The van der Waals surface area contributed by atoms with Gasteiger partial charge in [-0.3, -0.25) is 14.5 Å². The number of benzene rings is 1. The van der Waals surface area contributed by atoms with Gasteiger partial charge in [-0.25, -0.2) is 4.98 Å². The molecule has 25 heavy (non-hydrogen) atoms. The highest BCUT2D eigenvalue weighted by Crippen LogP contribution is 2.33. The molecule has 3 rings (SSSR count). The van der Waals surface area contributed by atoms with Gasteiger partial charge in [0.25, 0.3) is 5.91 Å². The van der Waals surface area contributed by atoms with Crippen molar-refractivity contribution in [2.45, 2.75) is 13.0 Å². The summed E-state index contributed by atoms with van der Waals surface area (Å²) in [5.41, 5.74) is 6.03. The molecule has 0 spiro atoms. The third-order valence-corrected chi connectivity index (χ3v) is 4.10. The van der Waals surface area contributed by atoms with E-state index in [4.69, 9.17) is 33.7 Å². The highest BCUT2D eigenvalue weighted by molar-refractivity contribution is 6.35. The molecule has 2 aromatic rings. The lowest BCUT2D eigenvalue weighted by Crippen LogP contribution is -2.48. The summed E-state index contributed by atoms with van der Waals surface area (Å²) in [6, 6.07) is 7.87. The van der Waals surface area contributed by atoms with Gasteiger partial charge in [-0.1, -0.05) is 23.2 Å². The predicted molar refractivity (Wildman–Crippen MR) is 96.2 cm³/mol. The maximum atomic E-state index is 12.4. The van der Waals surface area contributed by atoms with Crippen molar-refractivity contribution in [3.63, 3.8) is 0 Å². The summed E-state index contributed by atoms with van der Waals surface area (Å²) >= 11 is 11.9. The fourth-order valence-electron chi connectivity index (χ4n) is 2.38. The van der Waals surface area contributed by atoms with Crippen LogP contribution in [0.25, 0.3) is 0 Å². The van der Waals surface area contributed by atoms with E-state index in [2.05, 4.69) is 10.3 Å². The minimum Gasteiger partial charge on any atom is -0.477 e. The first-order valence-electron chi connectivity index (χ1n) is 7.34. The number of aromatic nitrogens is 1. The van der Waals surface area contributed by atoms with Crippen LogP contribution in [0.5, 0.6) is 5.75 Å². The number of carbonyl (C=O) groups is 2. The molecule has 7 nitrogen and oxygen atoms in total. The quantitative estimate of drug-likeness (QED) is 0.852. The molecule has 1 aromatic carbocycles. The molecular weight excluding hydrogens is 367 g/mol. The van der Waals surface area contributed by atoms with Crippen molar-refractivity contribution >= 4 is 52.3 Å². The van der Waals surface area contributed by atoms with Gasteiger partial charge in [0, 0.05) is 5.02 Å². The Morgan fingerprint density at radius 3 is 2.88 bits per heavy atom. The third kappa shape index (κ3) is 3.62. The van der Waals surface area contributed by atoms with Crippen molar-refractivity contribution in [1.29, 1.82) is 0 Å². The smallest absolute Gasteiger partial charge is 0.269 e. The molecule has 1 unspecified atom stereocenters. The molecule has 0 fully saturated rings. The van der Waals surface area contributed by atoms with Crippen LogP contribution in [0, 0.1) is 0 Å². The van der Waals surface area contributed by atoms with Crippen molar-refractivity contribution in [3.05, 3.63) is 40.4 Å². The highest BCUT2D eigenvalue weighted by Gasteiger charge is 2.34. The van der Waals surface area contributed by atoms with Gasteiger partial charge >= 0.3 is 0 Å². The van der Waals surface area contributed by atoms with Gasteiger partial charge in [-0.05, 0) is 37.3 Å². The fraction of sp³-hybridized carbons (Fsp3) is 0.188. The molecule has 0 saturated carbocycles. The minimum atomic E-state index is -0.736. The molecule has 130 valence electrons. The second-order valence-corrected chi connectivity index (χ2v) is 6.26. The fourth-order valence-corrected chi connectivity index (χ4v) is 2.72. The Morgan fingerprint density at radius 2 is 2.12 bits per heavy atom. The largest absolute Gasteiger partial charge is 0.477 e. The molecule has 2 amide bonds. The molecule has 1 aliphatic rings. The van der Waals surface area contributed by atoms with Gasteiger partial charge in [0.15, 0.2) is 17.7 Å². The number of fused-ring (bicyclic) bond motifs is 1. The molecule has 3 N–H and O–H groups in total. The van der Waals surface area contributed by atoms with Crippen LogP contribution in [0.2, 0.25) is 10.0 Å². The lowest BCUT2D eigenvalue weighted by molar-refractivity contribution is -0.127. The first-order chi connectivity index (χ1) is 11.8. The lowest BCUT2D eigenvalue weighted by atomic mass is 10.2. The number of rotatable bonds is 3. The van der Waals surface area contributed by atoms with Crippen LogP contribution in [0.15, 0.2) is 30.3 Å². The van der Waals surface area contributed by atoms with Crippen LogP contribution < -0.4 is 20.7 Å². The standard InChI is InChI=1S/C16H14Cl2N4O3/c1-8-16(24)22(15-12(25-8)4-5-13(19)21-15)7-14(23)20-11-6-9(17)2-3-10(11)18/h2-6,8H,7H2,1H3,(H2,19,21)(H,20,23). The summed E-state index contributed by atoms with van der Waals surface area (Å²) in [6.07, 6.45) is -0.736. The topological polar surface area (TPSA) is 97.6 Å². The van der Waals surface area contributed by atoms with Crippen molar-refractivity contribution < 1.29 is 14.3 Å². The monoisotopic (exact) mass is 380 g/mol. The van der Waals surface area contributed by atoms with Crippen molar-refractivity contribution in [2.24, 2.45) is 0 Å². The second kappa shape index (κ2) is 6.78. The molecule has 0 saturated heterocycles. The van der Waals surface area contributed by atoms with Gasteiger partial charge < -0.3 is 15.8 Å². The van der Waals surface area contributed by atoms with Crippen molar-refractivity contribution in [1.82, 2.24) is 4.98 Å². The molecule has 9 heteroatoms. The van der Waals surface area contributed by atoms with E-state index in [1.807, 2.05) is 0 Å². The van der Waals surface area contributed by atoms with Gasteiger partial charge in [-0.15, -0.1) is 0 Å². The number of pyridine rings is 1. The Balaban J connectivity index is 1.84. The van der Waals surface area contributed by atoms with Crippen LogP contribution in [0.1, 0.15) is 6.92 Å². The number of halogens is 2. The third-order valence-electron chi connectivity index (χ3n) is 3.54. The van der Waals surface area contributed by atoms with Gasteiger partial charge in [-0.2, -0.15) is 0 Å². The number of nitrogens with one attached hydrogen (secondary N) is 1. The van der Waals surface area contributed by atoms with Crippen molar-refractivity contribution in [3.8, 4) is 5.75 Å². The highest BCUT2D eigenvalue weighted by atomic mass is 35.5. The Morgan fingerprint density at radius 1 is 1.36 bits per heavy atom. The second-order valence-electron chi connectivity index (χ2n) is 5.41. The number of carbonyl (C=O) groups excluding carboxylic acids is 2. The van der Waals surface area contributed by atoms with E-state index in [1.165, 1.54) is 11.0 Å². The molecule has 0 radical (unpaired) electrons.